The number of anilines is 1. The Balaban J connectivity index is 1.42. The number of carbonyl (C=O) groups excluding carboxylic acids is 1. The molecule has 1 aromatic carbocycles. The van der Waals surface area contributed by atoms with Crippen molar-refractivity contribution in [2.24, 2.45) is 0 Å². The molecule has 0 aliphatic heterocycles. The molecule has 140 valence electrons. The Bertz CT molecular complexity index is 899. The summed E-state index contributed by atoms with van der Waals surface area (Å²) in [6, 6.07) is 9.10. The Labute approximate surface area is 157 Å². The molecule has 0 unspecified atom stereocenters. The third-order valence-corrected chi connectivity index (χ3v) is 4.81. The van der Waals surface area contributed by atoms with Crippen LogP contribution in [0.4, 0.5) is 10.5 Å². The van der Waals surface area contributed by atoms with Crippen molar-refractivity contribution in [3.05, 3.63) is 54.4 Å². The largest absolute Gasteiger partial charge is 0.339 e. The summed E-state index contributed by atoms with van der Waals surface area (Å²) in [6.45, 7) is 0.284. The maximum Gasteiger partial charge on any atom is 0.322 e. The van der Waals surface area contributed by atoms with Crippen LogP contribution in [0.5, 0.6) is 0 Å². The average molecular weight is 366 g/mol. The summed E-state index contributed by atoms with van der Waals surface area (Å²) >= 11 is 0. The zero-order chi connectivity index (χ0) is 18.6. The van der Waals surface area contributed by atoms with Crippen molar-refractivity contribution < 1.29 is 9.32 Å². The fourth-order valence-corrected chi connectivity index (χ4v) is 3.36. The molecule has 2 aromatic heterocycles. The van der Waals surface area contributed by atoms with E-state index in [0.29, 0.717) is 23.3 Å². The molecule has 0 saturated heterocycles. The molecule has 1 fully saturated rings. The number of para-hydroxylation sites is 2. The third-order valence-electron chi connectivity index (χ3n) is 4.81. The topological polar surface area (TPSA) is 89.1 Å². The number of urea groups is 1. The number of amides is 2. The minimum absolute atomic E-state index is 0.248. The molecule has 1 aliphatic carbocycles. The number of nitrogens with one attached hydrogen (secondary N) is 1. The number of rotatable bonds is 5. The standard InChI is InChI=1S/C19H22N6O2/c1-24(13-17-22-18(27-23-17)14-7-2-3-8-14)19(26)21-15-9-4-5-10-16(15)25-12-6-11-20-25/h4-6,9-12,14H,2-3,7-8,13H2,1H3,(H,21,26). The van der Waals surface area contributed by atoms with Crippen LogP contribution in [0, 0.1) is 0 Å². The van der Waals surface area contributed by atoms with Crippen molar-refractivity contribution in [1.82, 2.24) is 24.8 Å². The minimum Gasteiger partial charge on any atom is -0.339 e. The highest BCUT2D eigenvalue weighted by atomic mass is 16.5. The van der Waals surface area contributed by atoms with Gasteiger partial charge < -0.3 is 14.7 Å². The highest BCUT2D eigenvalue weighted by Gasteiger charge is 2.23. The van der Waals surface area contributed by atoms with Gasteiger partial charge in [0.15, 0.2) is 5.82 Å². The van der Waals surface area contributed by atoms with Crippen molar-refractivity contribution in [2.75, 3.05) is 12.4 Å². The number of hydrogen-bond acceptors (Lipinski definition) is 5. The van der Waals surface area contributed by atoms with Crippen LogP contribution < -0.4 is 5.32 Å². The summed E-state index contributed by atoms with van der Waals surface area (Å²) in [7, 11) is 1.71. The lowest BCUT2D eigenvalue weighted by molar-refractivity contribution is 0.219. The second-order valence-electron chi connectivity index (χ2n) is 6.78. The molecule has 3 aromatic rings. The lowest BCUT2D eigenvalue weighted by atomic mass is 10.1. The highest BCUT2D eigenvalue weighted by molar-refractivity contribution is 5.91. The Morgan fingerprint density at radius 3 is 2.89 bits per heavy atom. The van der Waals surface area contributed by atoms with Gasteiger partial charge in [-0.25, -0.2) is 9.48 Å². The summed E-state index contributed by atoms with van der Waals surface area (Å²) in [6.07, 6.45) is 8.15. The predicted octanol–water partition coefficient (Wildman–Crippen LogP) is 3.58. The van der Waals surface area contributed by atoms with Gasteiger partial charge in [-0.3, -0.25) is 0 Å². The first-order chi connectivity index (χ1) is 13.2. The molecule has 2 amide bonds. The van der Waals surface area contributed by atoms with E-state index in [1.54, 1.807) is 17.9 Å². The number of hydrogen-bond donors (Lipinski definition) is 1. The van der Waals surface area contributed by atoms with Gasteiger partial charge in [0.2, 0.25) is 5.89 Å². The van der Waals surface area contributed by atoms with Gasteiger partial charge in [0.1, 0.15) is 0 Å². The smallest absolute Gasteiger partial charge is 0.322 e. The molecule has 1 N–H and O–H groups in total. The van der Waals surface area contributed by atoms with E-state index in [1.165, 1.54) is 17.7 Å². The van der Waals surface area contributed by atoms with E-state index in [2.05, 4.69) is 20.6 Å². The van der Waals surface area contributed by atoms with Crippen LogP contribution in [-0.4, -0.2) is 37.9 Å². The zero-order valence-corrected chi connectivity index (χ0v) is 15.2. The van der Waals surface area contributed by atoms with Crippen LogP contribution in [0.3, 0.4) is 0 Å². The molecule has 0 spiro atoms. The summed E-state index contributed by atoms with van der Waals surface area (Å²) < 4.78 is 7.10. The van der Waals surface area contributed by atoms with Gasteiger partial charge >= 0.3 is 6.03 Å². The van der Waals surface area contributed by atoms with E-state index in [4.69, 9.17) is 4.52 Å². The van der Waals surface area contributed by atoms with E-state index in [-0.39, 0.29) is 12.6 Å². The molecule has 8 nitrogen and oxygen atoms in total. The van der Waals surface area contributed by atoms with E-state index in [0.717, 1.165) is 18.5 Å². The summed E-state index contributed by atoms with van der Waals surface area (Å²) in [4.78, 5) is 18.6. The van der Waals surface area contributed by atoms with Crippen molar-refractivity contribution >= 4 is 11.7 Å². The van der Waals surface area contributed by atoms with Crippen LogP contribution >= 0.6 is 0 Å². The summed E-state index contributed by atoms with van der Waals surface area (Å²) in [5.41, 5.74) is 1.48. The monoisotopic (exact) mass is 366 g/mol. The van der Waals surface area contributed by atoms with E-state index < -0.39 is 0 Å². The molecule has 1 saturated carbocycles. The van der Waals surface area contributed by atoms with Crippen LogP contribution in [0.1, 0.15) is 43.3 Å². The lowest BCUT2D eigenvalue weighted by Crippen LogP contribution is -2.31. The van der Waals surface area contributed by atoms with Crippen molar-refractivity contribution in [3.63, 3.8) is 0 Å². The molecule has 8 heteroatoms. The van der Waals surface area contributed by atoms with Crippen molar-refractivity contribution in [3.8, 4) is 5.69 Å². The first-order valence-electron chi connectivity index (χ1n) is 9.14. The summed E-state index contributed by atoms with van der Waals surface area (Å²) in [5, 5.41) is 11.2. The van der Waals surface area contributed by atoms with Gasteiger partial charge in [0.25, 0.3) is 0 Å². The molecule has 0 atom stereocenters. The molecule has 2 heterocycles. The normalized spacial score (nSPS) is 14.4. The molecule has 4 rings (SSSR count). The van der Waals surface area contributed by atoms with Gasteiger partial charge in [0, 0.05) is 25.4 Å². The van der Waals surface area contributed by atoms with Crippen LogP contribution in [-0.2, 0) is 6.54 Å². The van der Waals surface area contributed by atoms with Crippen LogP contribution in [0.15, 0.2) is 47.2 Å². The summed E-state index contributed by atoms with van der Waals surface area (Å²) in [5.74, 6) is 1.58. The Hall–Kier alpha value is -3.16. The van der Waals surface area contributed by atoms with E-state index in [9.17, 15) is 4.79 Å². The van der Waals surface area contributed by atoms with E-state index >= 15 is 0 Å². The second kappa shape index (κ2) is 7.61. The lowest BCUT2D eigenvalue weighted by Gasteiger charge is -2.17. The fourth-order valence-electron chi connectivity index (χ4n) is 3.36. The fraction of sp³-hybridized carbons (Fsp3) is 0.368. The van der Waals surface area contributed by atoms with Crippen molar-refractivity contribution in [2.45, 2.75) is 38.1 Å². The Morgan fingerprint density at radius 2 is 2.11 bits per heavy atom. The third kappa shape index (κ3) is 3.84. The van der Waals surface area contributed by atoms with Gasteiger partial charge in [-0.15, -0.1) is 0 Å². The number of carbonyl (C=O) groups is 1. The maximum absolute atomic E-state index is 12.6. The van der Waals surface area contributed by atoms with Crippen LogP contribution in [0.2, 0.25) is 0 Å². The zero-order valence-electron chi connectivity index (χ0n) is 15.2. The molecular weight excluding hydrogens is 344 g/mol. The minimum atomic E-state index is -0.248. The number of nitrogens with zero attached hydrogens (tertiary/aromatic N) is 5. The first-order valence-corrected chi connectivity index (χ1v) is 9.14. The van der Waals surface area contributed by atoms with Gasteiger partial charge in [-0.2, -0.15) is 10.1 Å². The number of benzene rings is 1. The quantitative estimate of drug-likeness (QED) is 0.745. The van der Waals surface area contributed by atoms with Gasteiger partial charge in [-0.05, 0) is 31.0 Å². The molecular formula is C19H22N6O2. The Kier molecular flexibility index (Phi) is 4.86. The SMILES string of the molecule is CN(Cc1noc(C2CCCC2)n1)C(=O)Nc1ccccc1-n1cccn1. The number of aromatic nitrogens is 4. The van der Waals surface area contributed by atoms with Crippen LogP contribution in [0.25, 0.3) is 5.69 Å². The predicted molar refractivity (Wildman–Crippen MR) is 99.6 cm³/mol. The molecule has 0 radical (unpaired) electrons. The maximum atomic E-state index is 12.6. The average Bonchev–Trinajstić information content (AvgIpc) is 3.43. The first kappa shape index (κ1) is 17.3. The molecule has 27 heavy (non-hydrogen) atoms. The van der Waals surface area contributed by atoms with Crippen molar-refractivity contribution in [1.29, 1.82) is 0 Å². The Morgan fingerprint density at radius 1 is 1.30 bits per heavy atom. The van der Waals surface area contributed by atoms with E-state index in [1.807, 2.05) is 36.5 Å². The molecule has 1 aliphatic rings. The second-order valence-corrected chi connectivity index (χ2v) is 6.78. The van der Waals surface area contributed by atoms with Gasteiger partial charge in [-0.1, -0.05) is 30.1 Å². The highest BCUT2D eigenvalue weighted by Crippen LogP contribution is 2.32. The molecule has 0 bridgehead atoms. The van der Waals surface area contributed by atoms with Gasteiger partial charge in [0.05, 0.1) is 17.9 Å².